The molecule has 0 aromatic heterocycles. The van der Waals surface area contributed by atoms with Gasteiger partial charge in [0.05, 0.1) is 0 Å². The molecule has 0 bridgehead atoms. The summed E-state index contributed by atoms with van der Waals surface area (Å²) in [5.41, 5.74) is 1.13. The molecule has 1 nitrogen and oxygen atoms in total. The molecule has 14 heavy (non-hydrogen) atoms. The highest BCUT2D eigenvalue weighted by molar-refractivity contribution is 9.10. The summed E-state index contributed by atoms with van der Waals surface area (Å²) in [5, 5.41) is 0. The van der Waals surface area contributed by atoms with Crippen molar-refractivity contribution >= 4 is 44.3 Å². The van der Waals surface area contributed by atoms with Gasteiger partial charge in [-0.15, -0.1) is 0 Å². The average molecular weight is 291 g/mol. The Balaban J connectivity index is 2.65. The summed E-state index contributed by atoms with van der Waals surface area (Å²) < 4.78 is 7.16. The zero-order valence-corrected chi connectivity index (χ0v) is 11.2. The molecule has 1 aromatic carbocycles. The molecule has 4 heteroatoms. The van der Waals surface area contributed by atoms with Crippen LogP contribution in [0.15, 0.2) is 28.7 Å². The van der Waals surface area contributed by atoms with Gasteiger partial charge in [-0.1, -0.05) is 39.8 Å². The smallest absolute Gasteiger partial charge is 0.220 e. The first-order valence-corrected chi connectivity index (χ1v) is 6.56. The molecule has 0 saturated heterocycles. The fraction of sp³-hybridized carbons (Fsp3) is 0.300. The number of halogens is 1. The lowest BCUT2D eigenvalue weighted by Gasteiger charge is -2.14. The molecule has 0 N–H and O–H groups in total. The number of hydrogen-bond acceptors (Lipinski definition) is 3. The Morgan fingerprint density at radius 3 is 2.50 bits per heavy atom. The second-order valence-corrected chi connectivity index (χ2v) is 5.09. The van der Waals surface area contributed by atoms with E-state index in [1.165, 1.54) is 11.8 Å². The van der Waals surface area contributed by atoms with Crippen molar-refractivity contribution in [1.82, 2.24) is 0 Å². The minimum absolute atomic E-state index is 0.0167. The molecular weight excluding hydrogens is 280 g/mol. The molecule has 0 aliphatic heterocycles. The number of thioether (sulfide) groups is 1. The lowest BCUT2D eigenvalue weighted by Crippen LogP contribution is -2.02. The third-order valence-electron chi connectivity index (χ3n) is 1.78. The molecule has 0 radical (unpaired) electrons. The molecular formula is C10H11BrOS2. The second-order valence-electron chi connectivity index (χ2n) is 2.77. The van der Waals surface area contributed by atoms with E-state index in [9.17, 15) is 0 Å². The summed E-state index contributed by atoms with van der Waals surface area (Å²) in [7, 11) is 0. The molecule has 1 aromatic rings. The molecule has 76 valence electrons. The molecule has 0 heterocycles. The third kappa shape index (κ3) is 3.59. The lowest BCUT2D eigenvalue weighted by atomic mass is 10.1. The number of hydrogen-bond donors (Lipinski definition) is 0. The quantitative estimate of drug-likeness (QED) is 0.757. The van der Waals surface area contributed by atoms with Crippen LogP contribution in [0.2, 0.25) is 0 Å². The van der Waals surface area contributed by atoms with Crippen LogP contribution in [0.25, 0.3) is 0 Å². The molecule has 1 atom stereocenters. The van der Waals surface area contributed by atoms with Crippen LogP contribution in [-0.2, 0) is 4.74 Å². The molecule has 0 spiro atoms. The van der Waals surface area contributed by atoms with Gasteiger partial charge in [-0.25, -0.2) is 0 Å². The number of ether oxygens (including phenoxy) is 1. The van der Waals surface area contributed by atoms with Crippen molar-refractivity contribution in [2.24, 2.45) is 0 Å². The van der Waals surface area contributed by atoms with Crippen LogP contribution in [0, 0.1) is 0 Å². The average Bonchev–Trinajstić information content (AvgIpc) is 2.18. The predicted molar refractivity (Wildman–Crippen MR) is 69.8 cm³/mol. The zero-order valence-electron chi connectivity index (χ0n) is 7.99. The zero-order chi connectivity index (χ0) is 10.6. The van der Waals surface area contributed by atoms with Gasteiger partial charge in [0.15, 0.2) is 0 Å². The first kappa shape index (κ1) is 12.0. The maximum Gasteiger partial charge on any atom is 0.220 e. The van der Waals surface area contributed by atoms with Gasteiger partial charge in [-0.05, 0) is 43.1 Å². The second kappa shape index (κ2) is 5.73. The van der Waals surface area contributed by atoms with Crippen molar-refractivity contribution in [2.75, 3.05) is 6.26 Å². The summed E-state index contributed by atoms with van der Waals surface area (Å²) in [6.07, 6.45) is 1.93. The van der Waals surface area contributed by atoms with Crippen LogP contribution in [0.3, 0.4) is 0 Å². The van der Waals surface area contributed by atoms with Gasteiger partial charge >= 0.3 is 0 Å². The first-order chi connectivity index (χ1) is 6.63. The largest absolute Gasteiger partial charge is 0.471 e. The molecule has 0 aliphatic rings. The van der Waals surface area contributed by atoms with Gasteiger partial charge in [-0.3, -0.25) is 0 Å². The fourth-order valence-corrected chi connectivity index (χ4v) is 1.64. The summed E-state index contributed by atoms with van der Waals surface area (Å²) in [6, 6.07) is 8.05. The van der Waals surface area contributed by atoms with E-state index < -0.39 is 0 Å². The van der Waals surface area contributed by atoms with E-state index in [1.807, 2.05) is 37.4 Å². The van der Waals surface area contributed by atoms with Gasteiger partial charge < -0.3 is 4.74 Å². The Labute approximate surface area is 102 Å². The van der Waals surface area contributed by atoms with E-state index in [1.54, 1.807) is 0 Å². The third-order valence-corrected chi connectivity index (χ3v) is 3.33. The van der Waals surface area contributed by atoms with Crippen molar-refractivity contribution < 1.29 is 4.74 Å². The van der Waals surface area contributed by atoms with E-state index in [-0.39, 0.29) is 6.10 Å². The summed E-state index contributed by atoms with van der Waals surface area (Å²) in [5.74, 6) is 0. The topological polar surface area (TPSA) is 9.23 Å². The Bertz CT molecular complexity index is 310. The van der Waals surface area contributed by atoms with Crippen molar-refractivity contribution in [1.29, 1.82) is 0 Å². The normalized spacial score (nSPS) is 12.2. The van der Waals surface area contributed by atoms with Gasteiger partial charge in [0.2, 0.25) is 4.38 Å². The SMILES string of the molecule is CSC(=S)OC(C)c1ccc(Br)cc1. The van der Waals surface area contributed by atoms with Crippen LogP contribution in [0.1, 0.15) is 18.6 Å². The summed E-state index contributed by atoms with van der Waals surface area (Å²) in [6.45, 7) is 1.99. The highest BCUT2D eigenvalue weighted by atomic mass is 79.9. The first-order valence-electron chi connectivity index (χ1n) is 4.13. The van der Waals surface area contributed by atoms with E-state index in [2.05, 4.69) is 15.9 Å². The maximum absolute atomic E-state index is 5.50. The Morgan fingerprint density at radius 1 is 1.43 bits per heavy atom. The van der Waals surface area contributed by atoms with Crippen molar-refractivity contribution in [3.63, 3.8) is 0 Å². The molecule has 0 saturated carbocycles. The Kier molecular flexibility index (Phi) is 4.92. The van der Waals surface area contributed by atoms with Crippen LogP contribution in [0.5, 0.6) is 0 Å². The number of rotatable bonds is 2. The Hall–Kier alpha value is -0.0600. The Morgan fingerprint density at radius 2 is 2.00 bits per heavy atom. The minimum atomic E-state index is 0.0167. The highest BCUT2D eigenvalue weighted by Crippen LogP contribution is 2.21. The van der Waals surface area contributed by atoms with Crippen LogP contribution in [-0.4, -0.2) is 10.6 Å². The maximum atomic E-state index is 5.50. The lowest BCUT2D eigenvalue weighted by molar-refractivity contribution is 0.227. The van der Waals surface area contributed by atoms with Gasteiger partial charge in [0.25, 0.3) is 0 Å². The van der Waals surface area contributed by atoms with E-state index in [4.69, 9.17) is 17.0 Å². The number of benzene rings is 1. The molecule has 0 amide bonds. The molecule has 0 aliphatic carbocycles. The highest BCUT2D eigenvalue weighted by Gasteiger charge is 2.07. The molecule has 1 unspecified atom stereocenters. The standard InChI is InChI=1S/C10H11BrOS2/c1-7(12-10(13)14-2)8-3-5-9(11)6-4-8/h3-7H,1-2H3. The van der Waals surface area contributed by atoms with Gasteiger partial charge in [-0.2, -0.15) is 0 Å². The van der Waals surface area contributed by atoms with Crippen molar-refractivity contribution in [3.05, 3.63) is 34.3 Å². The monoisotopic (exact) mass is 290 g/mol. The van der Waals surface area contributed by atoms with Crippen molar-refractivity contribution in [3.8, 4) is 0 Å². The molecule has 1 rings (SSSR count). The van der Waals surface area contributed by atoms with Gasteiger partial charge in [0, 0.05) is 4.47 Å². The van der Waals surface area contributed by atoms with E-state index in [0.717, 1.165) is 10.0 Å². The summed E-state index contributed by atoms with van der Waals surface area (Å²) in [4.78, 5) is 0. The predicted octanol–water partition coefficient (Wildman–Crippen LogP) is 4.17. The molecule has 0 fully saturated rings. The van der Waals surface area contributed by atoms with Crippen LogP contribution in [0.4, 0.5) is 0 Å². The fourth-order valence-electron chi connectivity index (χ4n) is 0.994. The summed E-state index contributed by atoms with van der Waals surface area (Å²) >= 11 is 9.83. The van der Waals surface area contributed by atoms with Crippen LogP contribution < -0.4 is 0 Å². The van der Waals surface area contributed by atoms with Crippen LogP contribution >= 0.6 is 39.9 Å². The van der Waals surface area contributed by atoms with E-state index >= 15 is 0 Å². The van der Waals surface area contributed by atoms with E-state index in [0.29, 0.717) is 4.38 Å². The van der Waals surface area contributed by atoms with Gasteiger partial charge in [0.1, 0.15) is 6.10 Å². The minimum Gasteiger partial charge on any atom is -0.471 e. The number of thiocarbonyl (C=S) groups is 1. The van der Waals surface area contributed by atoms with Crippen molar-refractivity contribution in [2.45, 2.75) is 13.0 Å².